The molecule has 3 fully saturated rings. The Hall–Kier alpha value is -1.56. The van der Waals surface area contributed by atoms with Gasteiger partial charge in [0, 0.05) is 37.3 Å². The lowest BCUT2D eigenvalue weighted by Gasteiger charge is -2.50. The van der Waals surface area contributed by atoms with Crippen molar-refractivity contribution in [1.82, 2.24) is 4.90 Å². The van der Waals surface area contributed by atoms with Crippen molar-refractivity contribution in [1.29, 1.82) is 0 Å². The highest BCUT2D eigenvalue weighted by Crippen LogP contribution is 2.42. The minimum atomic E-state index is -1.98. The Kier molecular flexibility index (Phi) is 16.3. The second kappa shape index (κ2) is 18.8. The standard InChI is InChI=1S/C40H71NO13/c1-15-17-49-39(10)19-21(3)30(42)23(5)33(44)40(11,47)28(16-2)52-36(46)25(7)32(53-29-20-38(9,48-14)34(45)26(8)51-29)24(6)35(39)54-37-31(43)27(41(12)13)18-22(4)50-37/h15,21-29,31-35,37,43-45,47H,1,16-20H2,2-14H3/t21-,22-,23+,24+,25-,26+,27+,28-,29+,31-,32+,33-,34+,35-,37+,38-,39+,40-/m1/s1. The zero-order chi connectivity index (χ0) is 41.1. The van der Waals surface area contributed by atoms with Gasteiger partial charge in [-0.2, -0.15) is 0 Å². The van der Waals surface area contributed by atoms with Gasteiger partial charge in [-0.3, -0.25) is 9.59 Å². The molecule has 0 spiro atoms. The van der Waals surface area contributed by atoms with E-state index in [9.17, 15) is 30.0 Å². The zero-order valence-electron chi connectivity index (χ0n) is 34.9. The molecule has 0 aromatic heterocycles. The third kappa shape index (κ3) is 10.1. The maximum atomic E-state index is 14.3. The fraction of sp³-hybridized carbons (Fsp3) is 0.900. The summed E-state index contributed by atoms with van der Waals surface area (Å²) in [7, 11) is 5.25. The summed E-state index contributed by atoms with van der Waals surface area (Å²) in [6, 6.07) is -0.300. The lowest BCUT2D eigenvalue weighted by atomic mass is 9.73. The smallest absolute Gasteiger partial charge is 0.311 e. The fourth-order valence-corrected chi connectivity index (χ4v) is 8.78. The van der Waals surface area contributed by atoms with Crippen LogP contribution in [-0.4, -0.2) is 149 Å². The number of methoxy groups -OCH3 is 1. The van der Waals surface area contributed by atoms with E-state index in [4.69, 9.17) is 33.2 Å². The number of ether oxygens (including phenoxy) is 7. The van der Waals surface area contributed by atoms with E-state index in [0.29, 0.717) is 6.42 Å². The van der Waals surface area contributed by atoms with Gasteiger partial charge in [0.05, 0.1) is 54.2 Å². The molecule has 0 radical (unpaired) electrons. The van der Waals surface area contributed by atoms with Crippen LogP contribution in [0.5, 0.6) is 0 Å². The van der Waals surface area contributed by atoms with Crippen LogP contribution in [-0.2, 0) is 42.7 Å². The van der Waals surface area contributed by atoms with E-state index in [2.05, 4.69) is 6.58 Å². The number of nitrogens with zero attached hydrogens (tertiary/aromatic N) is 1. The summed E-state index contributed by atoms with van der Waals surface area (Å²) in [4.78, 5) is 30.3. The van der Waals surface area contributed by atoms with Crippen LogP contribution in [0.3, 0.4) is 0 Å². The van der Waals surface area contributed by atoms with Crippen molar-refractivity contribution in [3.8, 4) is 0 Å². The van der Waals surface area contributed by atoms with Gasteiger partial charge < -0.3 is 58.5 Å². The number of hydrogen-bond acceptors (Lipinski definition) is 14. The largest absolute Gasteiger partial charge is 0.459 e. The van der Waals surface area contributed by atoms with Crippen molar-refractivity contribution >= 4 is 11.8 Å². The van der Waals surface area contributed by atoms with E-state index in [1.54, 1.807) is 54.5 Å². The summed E-state index contributed by atoms with van der Waals surface area (Å²) in [5, 5.41) is 45.8. The number of aliphatic hydroxyl groups is 4. The van der Waals surface area contributed by atoms with Gasteiger partial charge in [-0.05, 0) is 74.9 Å². The Labute approximate surface area is 322 Å². The molecule has 0 aliphatic carbocycles. The van der Waals surface area contributed by atoms with Gasteiger partial charge in [0.25, 0.3) is 0 Å². The summed E-state index contributed by atoms with van der Waals surface area (Å²) in [6.45, 7) is 21.0. The molecular formula is C40H71NO13. The molecule has 0 amide bonds. The van der Waals surface area contributed by atoms with E-state index >= 15 is 0 Å². The number of rotatable bonds is 10. The van der Waals surface area contributed by atoms with Gasteiger partial charge >= 0.3 is 5.97 Å². The Morgan fingerprint density at radius 1 is 0.926 bits per heavy atom. The van der Waals surface area contributed by atoms with Crippen LogP contribution in [0.25, 0.3) is 0 Å². The van der Waals surface area contributed by atoms with E-state index in [-0.39, 0.29) is 43.8 Å². The van der Waals surface area contributed by atoms with Crippen LogP contribution in [0, 0.1) is 23.7 Å². The molecule has 18 atom stereocenters. The molecule has 0 unspecified atom stereocenters. The number of Topliss-reactive ketones (excluding diaryl/α,β-unsaturated/α-hetero) is 1. The van der Waals surface area contributed by atoms with Crippen LogP contribution in [0.15, 0.2) is 12.7 Å². The maximum absolute atomic E-state index is 14.3. The Balaban J connectivity index is 2.27. The average molecular weight is 774 g/mol. The Bertz CT molecular complexity index is 1250. The van der Waals surface area contributed by atoms with E-state index in [1.165, 1.54) is 14.0 Å². The van der Waals surface area contributed by atoms with Crippen molar-refractivity contribution in [3.63, 3.8) is 0 Å². The first-order valence-corrected chi connectivity index (χ1v) is 19.6. The number of esters is 1. The van der Waals surface area contributed by atoms with Crippen molar-refractivity contribution in [2.24, 2.45) is 23.7 Å². The number of carbonyl (C=O) groups is 2. The molecule has 0 aromatic carbocycles. The highest BCUT2D eigenvalue weighted by atomic mass is 16.7. The predicted octanol–water partition coefficient (Wildman–Crippen LogP) is 3.00. The first-order valence-electron chi connectivity index (χ1n) is 19.6. The van der Waals surface area contributed by atoms with Crippen molar-refractivity contribution in [2.45, 2.75) is 179 Å². The maximum Gasteiger partial charge on any atom is 0.311 e. The zero-order valence-corrected chi connectivity index (χ0v) is 34.9. The first-order chi connectivity index (χ1) is 25.0. The summed E-state index contributed by atoms with van der Waals surface area (Å²) < 4.78 is 44.4. The van der Waals surface area contributed by atoms with Crippen molar-refractivity contribution in [2.75, 3.05) is 27.8 Å². The summed E-state index contributed by atoms with van der Waals surface area (Å²) in [5.74, 6) is -4.60. The molecular weight excluding hydrogens is 702 g/mol. The predicted molar refractivity (Wildman–Crippen MR) is 200 cm³/mol. The Morgan fingerprint density at radius 3 is 2.11 bits per heavy atom. The van der Waals surface area contributed by atoms with Crippen molar-refractivity contribution in [3.05, 3.63) is 12.7 Å². The van der Waals surface area contributed by atoms with Gasteiger partial charge in [0.1, 0.15) is 29.7 Å². The highest BCUT2D eigenvalue weighted by molar-refractivity contribution is 5.83. The van der Waals surface area contributed by atoms with Crippen molar-refractivity contribution < 1.29 is 63.2 Å². The minimum Gasteiger partial charge on any atom is -0.459 e. The van der Waals surface area contributed by atoms with Crippen LogP contribution in [0.1, 0.15) is 94.9 Å². The molecule has 0 saturated carbocycles. The Morgan fingerprint density at radius 2 is 1.56 bits per heavy atom. The third-order valence-electron chi connectivity index (χ3n) is 12.3. The number of likely N-dealkylation sites (N-methyl/N-ethyl adjacent to an activating group) is 1. The summed E-state index contributed by atoms with van der Waals surface area (Å²) >= 11 is 0. The van der Waals surface area contributed by atoms with Gasteiger partial charge in [0.2, 0.25) is 0 Å². The fourth-order valence-electron chi connectivity index (χ4n) is 8.78. The van der Waals surface area contributed by atoms with Crippen LogP contribution < -0.4 is 0 Å². The molecule has 3 rings (SSSR count). The minimum absolute atomic E-state index is 0.0658. The van der Waals surface area contributed by atoms with E-state index in [1.807, 2.05) is 32.8 Å². The molecule has 14 nitrogen and oxygen atoms in total. The second-order valence-corrected chi connectivity index (χ2v) is 17.0. The quantitative estimate of drug-likeness (QED) is 0.188. The molecule has 3 aliphatic rings. The molecule has 3 aliphatic heterocycles. The molecule has 54 heavy (non-hydrogen) atoms. The topological polar surface area (TPSA) is 183 Å². The molecule has 4 N–H and O–H groups in total. The molecule has 3 saturated heterocycles. The van der Waals surface area contributed by atoms with E-state index < -0.39 is 102 Å². The number of carbonyl (C=O) groups excluding carboxylic acids is 2. The number of cyclic esters (lactones) is 1. The van der Waals surface area contributed by atoms with Gasteiger partial charge in [-0.1, -0.05) is 33.8 Å². The molecule has 314 valence electrons. The van der Waals surface area contributed by atoms with Gasteiger partial charge in [-0.15, -0.1) is 6.58 Å². The number of ketones is 1. The highest BCUT2D eigenvalue weighted by Gasteiger charge is 2.54. The van der Waals surface area contributed by atoms with E-state index in [0.717, 1.165) is 0 Å². The summed E-state index contributed by atoms with van der Waals surface area (Å²) in [5.41, 5.74) is -4.33. The number of aliphatic hydroxyl groups excluding tert-OH is 3. The van der Waals surface area contributed by atoms with Crippen LogP contribution >= 0.6 is 0 Å². The number of hydrogen-bond donors (Lipinski definition) is 4. The normalized spacial score (nSPS) is 47.6. The molecule has 0 aromatic rings. The molecule has 0 bridgehead atoms. The average Bonchev–Trinajstić information content (AvgIpc) is 3.11. The monoisotopic (exact) mass is 773 g/mol. The second-order valence-electron chi connectivity index (χ2n) is 17.0. The van der Waals surface area contributed by atoms with Gasteiger partial charge in [0.15, 0.2) is 12.6 Å². The first kappa shape index (κ1) is 46.8. The van der Waals surface area contributed by atoms with Crippen LogP contribution in [0.2, 0.25) is 0 Å². The molecule has 3 heterocycles. The third-order valence-corrected chi connectivity index (χ3v) is 12.3. The molecule has 14 heteroatoms. The summed E-state index contributed by atoms with van der Waals surface area (Å²) in [6.07, 6.45) is -7.41. The van der Waals surface area contributed by atoms with Crippen LogP contribution in [0.4, 0.5) is 0 Å². The van der Waals surface area contributed by atoms with Gasteiger partial charge in [-0.25, -0.2) is 0 Å². The SMILES string of the molecule is C=CCO[C@@]1(C)C[C@@H](C)C(=O)[C@H](C)[C@@H](O)[C@](C)(O)[C@@H](CC)OC(=O)[C@H](C)[C@@H](O[C@H]2C[C@@](C)(OC)[C@@H](O)[C@H](C)O2)[C@H](C)[C@H]1O[C@@H]1O[C@H](C)C[C@H](N(C)C)[C@H]1O. The lowest BCUT2D eigenvalue weighted by molar-refractivity contribution is -0.320. The lowest BCUT2D eigenvalue weighted by Crippen LogP contribution is -2.61.